The third kappa shape index (κ3) is 2.32. The molecule has 2 aromatic rings. The fourth-order valence-corrected chi connectivity index (χ4v) is 2.10. The smallest absolute Gasteiger partial charge is 0.309 e. The van der Waals surface area contributed by atoms with E-state index in [4.69, 9.17) is 0 Å². The van der Waals surface area contributed by atoms with Crippen molar-refractivity contribution in [1.29, 1.82) is 0 Å². The van der Waals surface area contributed by atoms with E-state index in [1.807, 2.05) is 18.2 Å². The van der Waals surface area contributed by atoms with Crippen molar-refractivity contribution in [1.82, 2.24) is 9.97 Å². The molecular weight excluding hydrogens is 268 g/mol. The highest BCUT2D eigenvalue weighted by molar-refractivity contribution is 9.10. The average Bonchev–Trinajstić information content (AvgIpc) is 2.15. The van der Waals surface area contributed by atoms with E-state index in [9.17, 15) is 4.79 Å². The van der Waals surface area contributed by atoms with E-state index in [1.54, 1.807) is 0 Å². The Bertz CT molecular complexity index is 575. The molecule has 84 valence electrons. The summed E-state index contributed by atoms with van der Waals surface area (Å²) in [7, 11) is 0. The van der Waals surface area contributed by atoms with Gasteiger partial charge >= 0.3 is 5.69 Å². The Hall–Kier alpha value is -1.16. The van der Waals surface area contributed by atoms with Crippen LogP contribution in [0.4, 0.5) is 0 Å². The minimum Gasteiger partial charge on any atom is -0.309 e. The summed E-state index contributed by atoms with van der Waals surface area (Å²) < 4.78 is 0.939. The zero-order chi connectivity index (χ0) is 11.7. The van der Waals surface area contributed by atoms with Crippen molar-refractivity contribution in [2.45, 2.75) is 20.3 Å². The Labute approximate surface area is 102 Å². The van der Waals surface area contributed by atoms with E-state index >= 15 is 0 Å². The highest BCUT2D eigenvalue weighted by atomic mass is 79.9. The van der Waals surface area contributed by atoms with Crippen LogP contribution in [0.15, 0.2) is 27.5 Å². The Morgan fingerprint density at radius 3 is 2.88 bits per heavy atom. The molecule has 1 heterocycles. The summed E-state index contributed by atoms with van der Waals surface area (Å²) in [4.78, 5) is 18.2. The SMILES string of the molecule is CC(C)Cc1[nH]c(=O)nc2cc(Br)ccc12. The number of hydrogen-bond acceptors (Lipinski definition) is 2. The lowest BCUT2D eigenvalue weighted by atomic mass is 10.0. The number of aromatic amines is 1. The Morgan fingerprint density at radius 2 is 2.19 bits per heavy atom. The van der Waals surface area contributed by atoms with E-state index in [0.717, 1.165) is 27.5 Å². The molecule has 1 aromatic heterocycles. The molecule has 0 fully saturated rings. The van der Waals surface area contributed by atoms with Crippen LogP contribution in [0.3, 0.4) is 0 Å². The fourth-order valence-electron chi connectivity index (χ4n) is 1.76. The maximum atomic E-state index is 11.4. The van der Waals surface area contributed by atoms with E-state index in [-0.39, 0.29) is 5.69 Å². The van der Waals surface area contributed by atoms with Crippen molar-refractivity contribution in [2.75, 3.05) is 0 Å². The molecule has 0 bridgehead atoms. The van der Waals surface area contributed by atoms with Crippen LogP contribution in [-0.4, -0.2) is 9.97 Å². The number of benzene rings is 1. The Kier molecular flexibility index (Phi) is 3.10. The second-order valence-electron chi connectivity index (χ2n) is 4.28. The van der Waals surface area contributed by atoms with Crippen LogP contribution in [0.25, 0.3) is 10.9 Å². The molecule has 0 atom stereocenters. The molecular formula is C12H13BrN2O. The summed E-state index contributed by atoms with van der Waals surface area (Å²) in [5.74, 6) is 0.505. The van der Waals surface area contributed by atoms with Gasteiger partial charge in [0.1, 0.15) is 0 Å². The van der Waals surface area contributed by atoms with Gasteiger partial charge in [0, 0.05) is 15.6 Å². The molecule has 0 amide bonds. The van der Waals surface area contributed by atoms with Crippen LogP contribution in [0, 0.1) is 5.92 Å². The van der Waals surface area contributed by atoms with Crippen molar-refractivity contribution < 1.29 is 0 Å². The van der Waals surface area contributed by atoms with Gasteiger partial charge in [-0.2, -0.15) is 4.98 Å². The summed E-state index contributed by atoms with van der Waals surface area (Å²) >= 11 is 3.38. The van der Waals surface area contributed by atoms with Crippen LogP contribution < -0.4 is 5.69 Å². The molecule has 1 N–H and O–H groups in total. The van der Waals surface area contributed by atoms with Gasteiger partial charge < -0.3 is 4.98 Å². The van der Waals surface area contributed by atoms with E-state index in [2.05, 4.69) is 39.7 Å². The molecule has 4 heteroatoms. The minimum absolute atomic E-state index is 0.277. The van der Waals surface area contributed by atoms with Crippen LogP contribution in [0.1, 0.15) is 19.5 Å². The van der Waals surface area contributed by atoms with Gasteiger partial charge in [-0.05, 0) is 30.5 Å². The Morgan fingerprint density at radius 1 is 1.44 bits per heavy atom. The molecule has 0 aliphatic carbocycles. The van der Waals surface area contributed by atoms with E-state index in [1.165, 1.54) is 0 Å². The number of aromatic nitrogens is 2. The third-order valence-corrected chi connectivity index (χ3v) is 2.87. The van der Waals surface area contributed by atoms with E-state index in [0.29, 0.717) is 5.92 Å². The van der Waals surface area contributed by atoms with Crippen molar-refractivity contribution in [3.05, 3.63) is 38.9 Å². The first-order valence-corrected chi connectivity index (χ1v) is 6.04. The lowest BCUT2D eigenvalue weighted by molar-refractivity contribution is 0.636. The largest absolute Gasteiger partial charge is 0.345 e. The van der Waals surface area contributed by atoms with E-state index < -0.39 is 0 Å². The van der Waals surface area contributed by atoms with Gasteiger partial charge in [0.05, 0.1) is 5.52 Å². The van der Waals surface area contributed by atoms with Crippen LogP contribution in [0.2, 0.25) is 0 Å². The number of halogens is 1. The van der Waals surface area contributed by atoms with Crippen molar-refractivity contribution in [2.24, 2.45) is 5.92 Å². The molecule has 0 saturated heterocycles. The number of nitrogens with one attached hydrogen (secondary N) is 1. The van der Waals surface area contributed by atoms with Crippen LogP contribution >= 0.6 is 15.9 Å². The summed E-state index contributed by atoms with van der Waals surface area (Å²) in [5.41, 5.74) is 1.44. The first kappa shape index (κ1) is 11.3. The summed E-state index contributed by atoms with van der Waals surface area (Å²) in [5, 5.41) is 1.02. The molecule has 0 unspecified atom stereocenters. The molecule has 16 heavy (non-hydrogen) atoms. The monoisotopic (exact) mass is 280 g/mol. The lowest BCUT2D eigenvalue weighted by Gasteiger charge is -2.08. The van der Waals surface area contributed by atoms with Gasteiger partial charge in [-0.3, -0.25) is 0 Å². The Balaban J connectivity index is 2.68. The summed E-state index contributed by atoms with van der Waals surface area (Å²) in [6, 6.07) is 5.82. The number of nitrogens with zero attached hydrogens (tertiary/aromatic N) is 1. The van der Waals surface area contributed by atoms with Crippen molar-refractivity contribution >= 4 is 26.8 Å². The quantitative estimate of drug-likeness (QED) is 0.920. The van der Waals surface area contributed by atoms with Gasteiger partial charge in [0.15, 0.2) is 0 Å². The normalized spacial score (nSPS) is 11.2. The second-order valence-corrected chi connectivity index (χ2v) is 5.20. The third-order valence-electron chi connectivity index (χ3n) is 2.38. The van der Waals surface area contributed by atoms with Crippen molar-refractivity contribution in [3.63, 3.8) is 0 Å². The maximum absolute atomic E-state index is 11.4. The number of H-pyrrole nitrogens is 1. The number of hydrogen-bond donors (Lipinski definition) is 1. The fraction of sp³-hybridized carbons (Fsp3) is 0.333. The standard InChI is InChI=1S/C12H13BrN2O/c1-7(2)5-10-9-4-3-8(13)6-11(9)15-12(16)14-10/h3-4,6-7H,5H2,1-2H3,(H,14,15,16). The second kappa shape index (κ2) is 4.37. The summed E-state index contributed by atoms with van der Waals surface area (Å²) in [6.07, 6.45) is 0.857. The molecule has 0 saturated carbocycles. The van der Waals surface area contributed by atoms with Crippen molar-refractivity contribution in [3.8, 4) is 0 Å². The topological polar surface area (TPSA) is 45.8 Å². The zero-order valence-electron chi connectivity index (χ0n) is 9.25. The molecule has 0 aliphatic heterocycles. The predicted octanol–water partition coefficient (Wildman–Crippen LogP) is 2.88. The first-order chi connectivity index (χ1) is 7.56. The number of fused-ring (bicyclic) bond motifs is 1. The molecule has 0 radical (unpaired) electrons. The predicted molar refractivity (Wildman–Crippen MR) is 68.6 cm³/mol. The molecule has 0 aliphatic rings. The minimum atomic E-state index is -0.277. The van der Waals surface area contributed by atoms with Gasteiger partial charge in [-0.1, -0.05) is 29.8 Å². The molecule has 0 spiro atoms. The molecule has 3 nitrogen and oxygen atoms in total. The maximum Gasteiger partial charge on any atom is 0.345 e. The van der Waals surface area contributed by atoms with Crippen LogP contribution in [-0.2, 0) is 6.42 Å². The molecule has 2 rings (SSSR count). The van der Waals surface area contributed by atoms with Gasteiger partial charge in [-0.15, -0.1) is 0 Å². The number of rotatable bonds is 2. The van der Waals surface area contributed by atoms with Gasteiger partial charge in [-0.25, -0.2) is 4.79 Å². The summed E-state index contributed by atoms with van der Waals surface area (Å²) in [6.45, 7) is 4.26. The van der Waals surface area contributed by atoms with Gasteiger partial charge in [0.25, 0.3) is 0 Å². The van der Waals surface area contributed by atoms with Crippen LogP contribution in [0.5, 0.6) is 0 Å². The molecule has 1 aromatic carbocycles. The zero-order valence-corrected chi connectivity index (χ0v) is 10.8. The highest BCUT2D eigenvalue weighted by Crippen LogP contribution is 2.20. The average molecular weight is 281 g/mol. The first-order valence-electron chi connectivity index (χ1n) is 5.24. The highest BCUT2D eigenvalue weighted by Gasteiger charge is 2.06. The lowest BCUT2D eigenvalue weighted by Crippen LogP contribution is -2.14. The van der Waals surface area contributed by atoms with Gasteiger partial charge in [0.2, 0.25) is 0 Å².